The van der Waals surface area contributed by atoms with Gasteiger partial charge < -0.3 is 9.47 Å². The molecule has 3 heteroatoms. The first-order valence-electron chi connectivity index (χ1n) is 7.36. The summed E-state index contributed by atoms with van der Waals surface area (Å²) in [5, 5.41) is 0. The van der Waals surface area contributed by atoms with Crippen molar-refractivity contribution in [2.75, 3.05) is 7.11 Å². The Morgan fingerprint density at radius 1 is 1.33 bits per heavy atom. The average Bonchev–Trinajstić information content (AvgIpc) is 2.36. The molecule has 0 N–H and O–H groups in total. The van der Waals surface area contributed by atoms with Gasteiger partial charge in [0, 0.05) is 23.6 Å². The molecule has 1 aromatic carbocycles. The van der Waals surface area contributed by atoms with Gasteiger partial charge in [0.15, 0.2) is 0 Å². The Morgan fingerprint density at radius 3 is 2.52 bits per heavy atom. The van der Waals surface area contributed by atoms with Crippen molar-refractivity contribution in [3.63, 3.8) is 0 Å². The van der Waals surface area contributed by atoms with Crippen LogP contribution in [-0.4, -0.2) is 18.5 Å². The maximum absolute atomic E-state index is 11.5. The van der Waals surface area contributed by atoms with Crippen molar-refractivity contribution in [3.05, 3.63) is 29.3 Å². The number of methoxy groups -OCH3 is 1. The van der Waals surface area contributed by atoms with Gasteiger partial charge in [-0.2, -0.15) is 0 Å². The number of ether oxygens (including phenoxy) is 2. The van der Waals surface area contributed by atoms with E-state index in [9.17, 15) is 4.79 Å². The van der Waals surface area contributed by atoms with Gasteiger partial charge in [0.05, 0.1) is 7.11 Å². The highest BCUT2D eigenvalue weighted by atomic mass is 16.5. The minimum atomic E-state index is -0.334. The number of carbonyl (C=O) groups is 1. The Bertz CT molecular complexity index is 595. The molecule has 0 aromatic heterocycles. The molecular formula is C18H24O3. The van der Waals surface area contributed by atoms with Gasteiger partial charge in [0.1, 0.15) is 22.9 Å². The number of hydrogen-bond acceptors (Lipinski definition) is 3. The van der Waals surface area contributed by atoms with Crippen LogP contribution in [0, 0.1) is 5.92 Å². The molecule has 0 unspecified atom stereocenters. The number of fused-ring (bicyclic) bond motifs is 1. The molecule has 1 aliphatic rings. The third-order valence-electron chi connectivity index (χ3n) is 3.63. The number of Topliss-reactive ketones (excluding diaryl/α,β-unsaturated/α-hetero) is 1. The Labute approximate surface area is 127 Å². The van der Waals surface area contributed by atoms with Crippen molar-refractivity contribution in [2.45, 2.75) is 46.6 Å². The van der Waals surface area contributed by atoms with Crippen LogP contribution in [0.2, 0.25) is 0 Å². The molecule has 0 aliphatic carbocycles. The van der Waals surface area contributed by atoms with Gasteiger partial charge >= 0.3 is 0 Å². The summed E-state index contributed by atoms with van der Waals surface area (Å²) in [4.78, 5) is 11.5. The topological polar surface area (TPSA) is 35.5 Å². The average molecular weight is 288 g/mol. The highest BCUT2D eigenvalue weighted by Crippen LogP contribution is 2.42. The molecule has 0 atom stereocenters. The van der Waals surface area contributed by atoms with Crippen LogP contribution in [0.25, 0.3) is 5.57 Å². The van der Waals surface area contributed by atoms with E-state index in [0.29, 0.717) is 18.1 Å². The molecule has 0 bridgehead atoms. The van der Waals surface area contributed by atoms with Crippen molar-refractivity contribution < 1.29 is 14.3 Å². The van der Waals surface area contributed by atoms with Crippen LogP contribution in [0.1, 0.15) is 45.7 Å². The number of hydrogen-bond donors (Lipinski definition) is 0. The van der Waals surface area contributed by atoms with Crippen molar-refractivity contribution in [3.8, 4) is 11.5 Å². The molecule has 2 rings (SSSR count). The summed E-state index contributed by atoms with van der Waals surface area (Å²) in [6.07, 6.45) is 2.55. The standard InChI is InChI=1S/C18H24O3/c1-11(2)15-10-18(4,5)21-17-9-16(20-6)13(7-12(3)19)8-14(15)17/h8-11H,7H2,1-6H3. The SMILES string of the molecule is COc1cc2c(cc1CC(C)=O)C(C(C)C)=CC(C)(C)O2. The van der Waals surface area contributed by atoms with E-state index in [2.05, 4.69) is 19.9 Å². The van der Waals surface area contributed by atoms with Crippen LogP contribution in [0.15, 0.2) is 18.2 Å². The normalized spacial score (nSPS) is 16.0. The van der Waals surface area contributed by atoms with Gasteiger partial charge in [-0.3, -0.25) is 4.79 Å². The van der Waals surface area contributed by atoms with Crippen LogP contribution in [0.3, 0.4) is 0 Å². The lowest BCUT2D eigenvalue weighted by Gasteiger charge is -2.33. The zero-order valence-corrected chi connectivity index (χ0v) is 13.7. The predicted octanol–water partition coefficient (Wildman–Crippen LogP) is 4.04. The van der Waals surface area contributed by atoms with Gasteiger partial charge in [-0.15, -0.1) is 0 Å². The van der Waals surface area contributed by atoms with Crippen molar-refractivity contribution in [2.24, 2.45) is 5.92 Å². The molecule has 114 valence electrons. The molecular weight excluding hydrogens is 264 g/mol. The van der Waals surface area contributed by atoms with E-state index in [0.717, 1.165) is 16.9 Å². The maximum atomic E-state index is 11.5. The monoisotopic (exact) mass is 288 g/mol. The van der Waals surface area contributed by atoms with Gasteiger partial charge in [-0.05, 0) is 44.4 Å². The number of allylic oxidation sites excluding steroid dienone is 1. The lowest BCUT2D eigenvalue weighted by molar-refractivity contribution is -0.116. The summed E-state index contributed by atoms with van der Waals surface area (Å²) in [7, 11) is 1.62. The van der Waals surface area contributed by atoms with Crippen LogP contribution >= 0.6 is 0 Å². The van der Waals surface area contributed by atoms with Gasteiger partial charge in [-0.1, -0.05) is 13.8 Å². The van der Waals surface area contributed by atoms with E-state index in [1.807, 2.05) is 26.0 Å². The van der Waals surface area contributed by atoms with Gasteiger partial charge in [-0.25, -0.2) is 0 Å². The van der Waals surface area contributed by atoms with Crippen molar-refractivity contribution >= 4 is 11.4 Å². The second-order valence-corrected chi connectivity index (χ2v) is 6.50. The lowest BCUT2D eigenvalue weighted by atomic mass is 9.86. The Balaban J connectivity index is 2.60. The smallest absolute Gasteiger partial charge is 0.134 e. The Kier molecular flexibility index (Phi) is 4.13. The summed E-state index contributed by atoms with van der Waals surface area (Å²) in [5.41, 5.74) is 2.91. The number of benzene rings is 1. The van der Waals surface area contributed by atoms with E-state index >= 15 is 0 Å². The van der Waals surface area contributed by atoms with Crippen LogP contribution < -0.4 is 9.47 Å². The highest BCUT2D eigenvalue weighted by molar-refractivity contribution is 5.81. The number of carbonyl (C=O) groups excluding carboxylic acids is 1. The van der Waals surface area contributed by atoms with Gasteiger partial charge in [0.2, 0.25) is 0 Å². The number of rotatable bonds is 4. The Morgan fingerprint density at radius 2 is 2.00 bits per heavy atom. The summed E-state index contributed by atoms with van der Waals surface area (Å²) in [5.74, 6) is 2.06. The van der Waals surface area contributed by atoms with Crippen LogP contribution in [-0.2, 0) is 11.2 Å². The quantitative estimate of drug-likeness (QED) is 0.839. The largest absolute Gasteiger partial charge is 0.496 e. The fourth-order valence-corrected chi connectivity index (χ4v) is 2.76. The number of ketones is 1. The van der Waals surface area contributed by atoms with E-state index in [-0.39, 0.29) is 11.4 Å². The van der Waals surface area contributed by atoms with Crippen molar-refractivity contribution in [1.29, 1.82) is 0 Å². The predicted molar refractivity (Wildman–Crippen MR) is 84.9 cm³/mol. The molecule has 0 saturated heterocycles. The second kappa shape index (κ2) is 5.55. The van der Waals surface area contributed by atoms with Gasteiger partial charge in [0.25, 0.3) is 0 Å². The first kappa shape index (κ1) is 15.6. The second-order valence-electron chi connectivity index (χ2n) is 6.50. The van der Waals surface area contributed by atoms with E-state index in [1.54, 1.807) is 14.0 Å². The molecule has 1 aliphatic heterocycles. The molecule has 0 saturated carbocycles. The minimum Gasteiger partial charge on any atom is -0.496 e. The minimum absolute atomic E-state index is 0.125. The lowest BCUT2D eigenvalue weighted by Crippen LogP contribution is -2.30. The summed E-state index contributed by atoms with van der Waals surface area (Å²) in [6.45, 7) is 10.0. The summed E-state index contributed by atoms with van der Waals surface area (Å²) >= 11 is 0. The summed E-state index contributed by atoms with van der Waals surface area (Å²) < 4.78 is 11.5. The third kappa shape index (κ3) is 3.29. The fourth-order valence-electron chi connectivity index (χ4n) is 2.76. The fraction of sp³-hybridized carbons (Fsp3) is 0.500. The molecule has 1 aromatic rings. The van der Waals surface area contributed by atoms with E-state index < -0.39 is 0 Å². The molecule has 0 fully saturated rings. The van der Waals surface area contributed by atoms with Crippen LogP contribution in [0.5, 0.6) is 11.5 Å². The summed E-state index contributed by atoms with van der Waals surface area (Å²) in [6, 6.07) is 3.95. The molecule has 0 amide bonds. The molecule has 3 nitrogen and oxygen atoms in total. The first-order valence-corrected chi connectivity index (χ1v) is 7.36. The Hall–Kier alpha value is -1.77. The third-order valence-corrected chi connectivity index (χ3v) is 3.63. The highest BCUT2D eigenvalue weighted by Gasteiger charge is 2.29. The van der Waals surface area contributed by atoms with E-state index in [4.69, 9.17) is 9.47 Å². The zero-order chi connectivity index (χ0) is 15.8. The molecule has 1 heterocycles. The molecule has 0 radical (unpaired) electrons. The van der Waals surface area contributed by atoms with Crippen LogP contribution in [0.4, 0.5) is 0 Å². The van der Waals surface area contributed by atoms with E-state index in [1.165, 1.54) is 5.57 Å². The molecule has 0 spiro atoms. The first-order chi connectivity index (χ1) is 9.73. The maximum Gasteiger partial charge on any atom is 0.134 e. The zero-order valence-electron chi connectivity index (χ0n) is 13.7. The molecule has 21 heavy (non-hydrogen) atoms. The van der Waals surface area contributed by atoms with Crippen molar-refractivity contribution in [1.82, 2.24) is 0 Å².